The molecule has 3 aromatic heterocycles. The minimum atomic E-state index is 0.580. The Labute approximate surface area is 174 Å². The van der Waals surface area contributed by atoms with Gasteiger partial charge in [-0.3, -0.25) is 9.36 Å². The van der Waals surface area contributed by atoms with Gasteiger partial charge >= 0.3 is 0 Å². The highest BCUT2D eigenvalue weighted by Gasteiger charge is 2.06. The van der Waals surface area contributed by atoms with E-state index in [1.54, 1.807) is 6.20 Å². The monoisotopic (exact) mass is 395 g/mol. The second-order valence-electron chi connectivity index (χ2n) is 7.12. The van der Waals surface area contributed by atoms with Crippen LogP contribution in [0.15, 0.2) is 42.9 Å². The van der Waals surface area contributed by atoms with Gasteiger partial charge in [0.2, 0.25) is 0 Å². The fourth-order valence-corrected chi connectivity index (χ4v) is 3.15. The van der Waals surface area contributed by atoms with E-state index < -0.39 is 0 Å². The first-order chi connectivity index (χ1) is 14.1. The van der Waals surface area contributed by atoms with Crippen molar-refractivity contribution >= 4 is 23.1 Å². The molecule has 1 aliphatic heterocycles. The first-order valence-electron chi connectivity index (χ1n) is 10.3. The SMILES string of the molecule is CC.CN(C)c1ccc(-n2ccc3cc(C=O)cnc32)cn1.CN1CCCCC1. The highest BCUT2D eigenvalue weighted by Crippen LogP contribution is 2.20. The second kappa shape index (κ2) is 11.3. The molecule has 6 heteroatoms. The van der Waals surface area contributed by atoms with Gasteiger partial charge in [0.25, 0.3) is 0 Å². The molecular weight excluding hydrogens is 362 g/mol. The van der Waals surface area contributed by atoms with E-state index in [-0.39, 0.29) is 0 Å². The van der Waals surface area contributed by atoms with Crippen molar-refractivity contribution in [3.63, 3.8) is 0 Å². The molecule has 156 valence electrons. The van der Waals surface area contributed by atoms with Gasteiger partial charge in [0.1, 0.15) is 11.5 Å². The van der Waals surface area contributed by atoms with Crippen molar-refractivity contribution in [2.75, 3.05) is 39.1 Å². The Hall–Kier alpha value is -2.73. The van der Waals surface area contributed by atoms with Crippen LogP contribution in [0, 0.1) is 0 Å². The molecule has 4 heterocycles. The van der Waals surface area contributed by atoms with Gasteiger partial charge in [-0.05, 0) is 57.2 Å². The lowest BCUT2D eigenvalue weighted by Crippen LogP contribution is -2.24. The normalized spacial score (nSPS) is 13.7. The summed E-state index contributed by atoms with van der Waals surface area (Å²) in [5, 5.41) is 0.936. The zero-order valence-corrected chi connectivity index (χ0v) is 18.3. The van der Waals surface area contributed by atoms with Crippen LogP contribution in [0.2, 0.25) is 0 Å². The number of aromatic nitrogens is 3. The van der Waals surface area contributed by atoms with Crippen LogP contribution in [-0.4, -0.2) is 60.0 Å². The van der Waals surface area contributed by atoms with Crippen LogP contribution in [0.1, 0.15) is 43.5 Å². The molecule has 0 saturated carbocycles. The van der Waals surface area contributed by atoms with E-state index in [0.717, 1.165) is 28.8 Å². The largest absolute Gasteiger partial charge is 0.363 e. The smallest absolute Gasteiger partial charge is 0.151 e. The zero-order chi connectivity index (χ0) is 21.2. The Morgan fingerprint density at radius 2 is 1.72 bits per heavy atom. The summed E-state index contributed by atoms with van der Waals surface area (Å²) in [5.41, 5.74) is 2.34. The molecule has 29 heavy (non-hydrogen) atoms. The number of rotatable bonds is 3. The average Bonchev–Trinajstić information content (AvgIpc) is 3.19. The molecule has 0 atom stereocenters. The van der Waals surface area contributed by atoms with Gasteiger partial charge in [-0.25, -0.2) is 9.97 Å². The van der Waals surface area contributed by atoms with E-state index in [4.69, 9.17) is 0 Å². The topological polar surface area (TPSA) is 54.3 Å². The van der Waals surface area contributed by atoms with Crippen LogP contribution in [0.25, 0.3) is 16.7 Å². The number of aldehydes is 1. The van der Waals surface area contributed by atoms with Gasteiger partial charge in [0.05, 0.1) is 11.9 Å². The molecule has 1 aliphatic rings. The number of hydrogen-bond donors (Lipinski definition) is 0. The van der Waals surface area contributed by atoms with E-state index in [1.165, 1.54) is 32.4 Å². The minimum absolute atomic E-state index is 0.580. The number of nitrogens with zero attached hydrogens (tertiary/aromatic N) is 5. The predicted octanol–water partition coefficient (Wildman–Crippen LogP) is 4.43. The van der Waals surface area contributed by atoms with Crippen LogP contribution < -0.4 is 4.90 Å². The van der Waals surface area contributed by atoms with Gasteiger partial charge in [-0.15, -0.1) is 0 Å². The quantitative estimate of drug-likeness (QED) is 0.614. The van der Waals surface area contributed by atoms with Crippen molar-refractivity contribution in [3.8, 4) is 5.69 Å². The van der Waals surface area contributed by atoms with E-state index in [9.17, 15) is 4.79 Å². The van der Waals surface area contributed by atoms with Crippen molar-refractivity contribution in [1.29, 1.82) is 0 Å². The third kappa shape index (κ3) is 6.12. The first kappa shape index (κ1) is 22.6. The molecule has 0 unspecified atom stereocenters. The fraction of sp³-hybridized carbons (Fsp3) is 0.435. The standard InChI is InChI=1S/C15H14N4O.C6H13N.C2H6/c1-18(2)14-4-3-13(9-16-14)19-6-5-12-7-11(10-20)8-17-15(12)19;1-7-5-3-2-4-6-7;1-2/h3-10H,1-2H3;2-6H2,1H3;1-2H3. The molecule has 0 amide bonds. The Balaban J connectivity index is 0.000000280. The molecule has 6 nitrogen and oxygen atoms in total. The van der Waals surface area contributed by atoms with Crippen LogP contribution in [0.5, 0.6) is 0 Å². The average molecular weight is 396 g/mol. The van der Waals surface area contributed by atoms with Crippen LogP contribution >= 0.6 is 0 Å². The molecule has 0 N–H and O–H groups in total. The molecule has 3 aromatic rings. The molecule has 1 saturated heterocycles. The zero-order valence-electron chi connectivity index (χ0n) is 18.3. The summed E-state index contributed by atoms with van der Waals surface area (Å²) < 4.78 is 1.95. The van der Waals surface area contributed by atoms with Gasteiger partial charge in [0, 0.05) is 37.4 Å². The molecule has 0 aromatic carbocycles. The van der Waals surface area contributed by atoms with Gasteiger partial charge in [-0.2, -0.15) is 0 Å². The van der Waals surface area contributed by atoms with Gasteiger partial charge in [-0.1, -0.05) is 20.3 Å². The molecule has 4 rings (SSSR count). The van der Waals surface area contributed by atoms with Crippen LogP contribution in [-0.2, 0) is 0 Å². The van der Waals surface area contributed by atoms with Crippen LogP contribution in [0.4, 0.5) is 5.82 Å². The lowest BCUT2D eigenvalue weighted by atomic mass is 10.1. The number of pyridine rings is 2. The molecule has 0 aliphatic carbocycles. The van der Waals surface area contributed by atoms with E-state index in [0.29, 0.717) is 5.56 Å². The number of carbonyl (C=O) groups excluding carboxylic acids is 1. The summed E-state index contributed by atoms with van der Waals surface area (Å²) in [6.45, 7) is 6.64. The van der Waals surface area contributed by atoms with Crippen molar-refractivity contribution in [1.82, 2.24) is 19.4 Å². The van der Waals surface area contributed by atoms with E-state index in [2.05, 4.69) is 21.9 Å². The molecule has 1 fully saturated rings. The third-order valence-corrected chi connectivity index (χ3v) is 4.73. The van der Waals surface area contributed by atoms with Crippen LogP contribution in [0.3, 0.4) is 0 Å². The molecular formula is C23H33N5O. The highest BCUT2D eigenvalue weighted by atomic mass is 16.1. The van der Waals surface area contributed by atoms with Crippen molar-refractivity contribution < 1.29 is 4.79 Å². The maximum atomic E-state index is 10.8. The summed E-state index contributed by atoms with van der Waals surface area (Å²) in [6.07, 6.45) is 10.4. The summed E-state index contributed by atoms with van der Waals surface area (Å²) in [6, 6.07) is 7.72. The predicted molar refractivity (Wildman–Crippen MR) is 121 cm³/mol. The van der Waals surface area contributed by atoms with E-state index in [1.807, 2.05) is 74.1 Å². The summed E-state index contributed by atoms with van der Waals surface area (Å²) >= 11 is 0. The highest BCUT2D eigenvalue weighted by molar-refractivity contribution is 5.85. The van der Waals surface area contributed by atoms with E-state index >= 15 is 0 Å². The lowest BCUT2D eigenvalue weighted by Gasteiger charge is -2.20. The summed E-state index contributed by atoms with van der Waals surface area (Å²) in [5.74, 6) is 0.904. The molecule has 0 radical (unpaired) electrons. The maximum absolute atomic E-state index is 10.8. The minimum Gasteiger partial charge on any atom is -0.363 e. The second-order valence-corrected chi connectivity index (χ2v) is 7.12. The lowest BCUT2D eigenvalue weighted by molar-refractivity contribution is 0.112. The first-order valence-corrected chi connectivity index (χ1v) is 10.3. The third-order valence-electron chi connectivity index (χ3n) is 4.73. The number of fused-ring (bicyclic) bond motifs is 1. The Kier molecular flexibility index (Phi) is 8.80. The molecule has 0 spiro atoms. The fourth-order valence-electron chi connectivity index (χ4n) is 3.15. The van der Waals surface area contributed by atoms with Crippen molar-refractivity contribution in [3.05, 3.63) is 48.4 Å². The summed E-state index contributed by atoms with van der Waals surface area (Å²) in [7, 11) is 6.10. The number of carbonyl (C=O) groups is 1. The molecule has 0 bridgehead atoms. The Morgan fingerprint density at radius 3 is 2.24 bits per heavy atom. The van der Waals surface area contributed by atoms with Crippen molar-refractivity contribution in [2.24, 2.45) is 0 Å². The Bertz CT molecular complexity index is 880. The van der Waals surface area contributed by atoms with Crippen molar-refractivity contribution in [2.45, 2.75) is 33.1 Å². The number of likely N-dealkylation sites (tertiary alicyclic amines) is 1. The van der Waals surface area contributed by atoms with Gasteiger partial charge < -0.3 is 9.80 Å². The number of anilines is 1. The maximum Gasteiger partial charge on any atom is 0.151 e. The Morgan fingerprint density at radius 1 is 1.00 bits per heavy atom. The number of piperidine rings is 1. The summed E-state index contributed by atoms with van der Waals surface area (Å²) in [4.78, 5) is 23.8. The van der Waals surface area contributed by atoms with Gasteiger partial charge in [0.15, 0.2) is 6.29 Å². The number of hydrogen-bond acceptors (Lipinski definition) is 5.